The number of aromatic nitrogens is 3. The fourth-order valence-electron chi connectivity index (χ4n) is 3.79. The molecule has 9 heteroatoms. The van der Waals surface area contributed by atoms with Crippen molar-refractivity contribution < 1.29 is 9.13 Å². The van der Waals surface area contributed by atoms with Gasteiger partial charge >= 0.3 is 0 Å². The lowest BCUT2D eigenvalue weighted by Crippen LogP contribution is -2.36. The lowest BCUT2D eigenvalue weighted by Gasteiger charge is -2.29. The monoisotopic (exact) mass is 432 g/mol. The molecule has 1 aliphatic heterocycles. The number of anilines is 4. The SMILES string of the molecule is Nc1ccc(-c2cc3cc[nH]c(=O)c3c(Nc3ccc(N4CCOCC4)c(F)c3)n2)cn1. The summed E-state index contributed by atoms with van der Waals surface area (Å²) in [5.41, 5.74) is 7.78. The summed E-state index contributed by atoms with van der Waals surface area (Å²) >= 11 is 0. The van der Waals surface area contributed by atoms with Gasteiger partial charge in [0.15, 0.2) is 0 Å². The fourth-order valence-corrected chi connectivity index (χ4v) is 3.79. The molecule has 0 saturated carbocycles. The summed E-state index contributed by atoms with van der Waals surface area (Å²) in [4.78, 5) is 25.9. The molecular weight excluding hydrogens is 411 g/mol. The standard InChI is InChI=1S/C23H21FN6O2/c24-17-12-16(2-3-19(17)30-7-9-32-10-8-30)28-22-21-14(5-6-26-23(21)31)11-18(29-22)15-1-4-20(25)27-13-15/h1-6,11-13H,7-10H2,(H2,25,27)(H,26,31)(H,28,29). The molecule has 0 spiro atoms. The molecule has 5 rings (SSSR count). The van der Waals surface area contributed by atoms with Crippen LogP contribution < -0.4 is 21.5 Å². The van der Waals surface area contributed by atoms with Crippen LogP contribution in [-0.4, -0.2) is 41.3 Å². The van der Waals surface area contributed by atoms with Crippen molar-refractivity contribution in [3.63, 3.8) is 0 Å². The lowest BCUT2D eigenvalue weighted by atomic mass is 10.1. The van der Waals surface area contributed by atoms with Crippen molar-refractivity contribution in [1.82, 2.24) is 15.0 Å². The van der Waals surface area contributed by atoms with Crippen LogP contribution in [-0.2, 0) is 4.74 Å². The molecule has 32 heavy (non-hydrogen) atoms. The highest BCUT2D eigenvalue weighted by Gasteiger charge is 2.17. The smallest absolute Gasteiger partial charge is 0.259 e. The maximum Gasteiger partial charge on any atom is 0.259 e. The number of nitrogens with zero attached hydrogens (tertiary/aromatic N) is 3. The first-order valence-electron chi connectivity index (χ1n) is 10.2. The Morgan fingerprint density at radius 3 is 2.72 bits per heavy atom. The summed E-state index contributed by atoms with van der Waals surface area (Å²) in [7, 11) is 0. The van der Waals surface area contributed by atoms with E-state index in [1.807, 2.05) is 17.0 Å². The van der Waals surface area contributed by atoms with Crippen LogP contribution in [0.3, 0.4) is 0 Å². The van der Waals surface area contributed by atoms with Gasteiger partial charge in [-0.25, -0.2) is 14.4 Å². The van der Waals surface area contributed by atoms with Crippen molar-refractivity contribution in [3.05, 3.63) is 71.0 Å². The lowest BCUT2D eigenvalue weighted by molar-refractivity contribution is 0.122. The molecule has 4 aromatic rings. The Bertz CT molecular complexity index is 1330. The molecule has 0 unspecified atom stereocenters. The van der Waals surface area contributed by atoms with Gasteiger partial charge in [0.05, 0.1) is 30.0 Å². The zero-order valence-electron chi connectivity index (χ0n) is 17.1. The highest BCUT2D eigenvalue weighted by molar-refractivity contribution is 5.95. The number of fused-ring (bicyclic) bond motifs is 1. The van der Waals surface area contributed by atoms with Crippen LogP contribution in [0.5, 0.6) is 0 Å². The number of aromatic amines is 1. The number of benzene rings is 1. The van der Waals surface area contributed by atoms with Gasteiger partial charge in [0.2, 0.25) is 0 Å². The predicted octanol–water partition coefficient (Wildman–Crippen LogP) is 3.29. The van der Waals surface area contributed by atoms with E-state index >= 15 is 0 Å². The van der Waals surface area contributed by atoms with Gasteiger partial charge in [0.25, 0.3) is 5.56 Å². The van der Waals surface area contributed by atoms with Gasteiger partial charge in [-0.1, -0.05) is 0 Å². The second-order valence-electron chi connectivity index (χ2n) is 7.49. The molecule has 4 N–H and O–H groups in total. The Kier molecular flexibility index (Phi) is 5.16. The highest BCUT2D eigenvalue weighted by atomic mass is 19.1. The third-order valence-corrected chi connectivity index (χ3v) is 5.40. The number of nitrogens with one attached hydrogen (secondary N) is 2. The third-order valence-electron chi connectivity index (χ3n) is 5.40. The number of halogens is 1. The molecule has 0 radical (unpaired) electrons. The minimum absolute atomic E-state index is 0.287. The molecule has 3 aromatic heterocycles. The maximum atomic E-state index is 14.9. The number of rotatable bonds is 4. The van der Waals surface area contributed by atoms with Gasteiger partial charge in [-0.15, -0.1) is 0 Å². The number of pyridine rings is 3. The number of ether oxygens (including phenoxy) is 1. The van der Waals surface area contributed by atoms with Crippen molar-refractivity contribution in [1.29, 1.82) is 0 Å². The maximum absolute atomic E-state index is 14.9. The minimum Gasteiger partial charge on any atom is -0.384 e. The summed E-state index contributed by atoms with van der Waals surface area (Å²) < 4.78 is 20.2. The summed E-state index contributed by atoms with van der Waals surface area (Å²) in [5, 5.41) is 4.20. The molecule has 0 atom stereocenters. The fraction of sp³-hybridized carbons (Fsp3) is 0.174. The van der Waals surface area contributed by atoms with Gasteiger partial charge < -0.3 is 25.7 Å². The average molecular weight is 432 g/mol. The molecule has 1 aliphatic rings. The Labute approximate surface area is 182 Å². The van der Waals surface area contributed by atoms with E-state index in [2.05, 4.69) is 20.3 Å². The first-order valence-corrected chi connectivity index (χ1v) is 10.2. The predicted molar refractivity (Wildman–Crippen MR) is 123 cm³/mol. The van der Waals surface area contributed by atoms with Crippen LogP contribution in [0, 0.1) is 5.82 Å². The van der Waals surface area contributed by atoms with E-state index in [4.69, 9.17) is 10.5 Å². The highest BCUT2D eigenvalue weighted by Crippen LogP contribution is 2.30. The summed E-state index contributed by atoms with van der Waals surface area (Å²) in [5.74, 6) is 0.379. The van der Waals surface area contributed by atoms with E-state index in [0.717, 1.165) is 5.56 Å². The Morgan fingerprint density at radius 2 is 1.97 bits per heavy atom. The Morgan fingerprint density at radius 1 is 1.12 bits per heavy atom. The van der Waals surface area contributed by atoms with Gasteiger partial charge in [-0.2, -0.15) is 0 Å². The minimum atomic E-state index is -0.353. The van der Waals surface area contributed by atoms with E-state index in [9.17, 15) is 9.18 Å². The molecule has 4 heterocycles. The van der Waals surface area contributed by atoms with Crippen molar-refractivity contribution in [3.8, 4) is 11.3 Å². The van der Waals surface area contributed by atoms with Crippen LogP contribution in [0.15, 0.2) is 59.7 Å². The number of hydrogen-bond acceptors (Lipinski definition) is 7. The second kappa shape index (κ2) is 8.27. The molecule has 0 bridgehead atoms. The average Bonchev–Trinajstić information content (AvgIpc) is 2.80. The van der Waals surface area contributed by atoms with E-state index in [1.54, 1.807) is 36.7 Å². The quantitative estimate of drug-likeness (QED) is 0.454. The number of nitrogens with two attached hydrogens (primary N) is 1. The third kappa shape index (κ3) is 3.85. The number of nitrogen functional groups attached to an aromatic ring is 1. The Hall–Kier alpha value is -3.98. The zero-order chi connectivity index (χ0) is 22.1. The van der Waals surface area contributed by atoms with E-state index in [-0.39, 0.29) is 11.4 Å². The summed E-state index contributed by atoms with van der Waals surface area (Å²) in [6.45, 7) is 2.43. The number of hydrogen-bond donors (Lipinski definition) is 3. The van der Waals surface area contributed by atoms with E-state index in [0.29, 0.717) is 65.8 Å². The zero-order valence-corrected chi connectivity index (χ0v) is 17.1. The first kappa shape index (κ1) is 20.0. The van der Waals surface area contributed by atoms with Crippen molar-refractivity contribution in [2.75, 3.05) is 42.3 Å². The van der Waals surface area contributed by atoms with Gasteiger partial charge in [0, 0.05) is 36.7 Å². The van der Waals surface area contributed by atoms with Gasteiger partial charge in [0.1, 0.15) is 17.5 Å². The van der Waals surface area contributed by atoms with Crippen molar-refractivity contribution in [2.24, 2.45) is 0 Å². The molecule has 1 aromatic carbocycles. The molecule has 0 aliphatic carbocycles. The van der Waals surface area contributed by atoms with Gasteiger partial charge in [-0.05, 0) is 47.9 Å². The van der Waals surface area contributed by atoms with Crippen LogP contribution in [0.1, 0.15) is 0 Å². The van der Waals surface area contributed by atoms with Crippen LogP contribution in [0.4, 0.5) is 27.4 Å². The van der Waals surface area contributed by atoms with Crippen molar-refractivity contribution in [2.45, 2.75) is 0 Å². The molecule has 162 valence electrons. The topological polar surface area (TPSA) is 109 Å². The summed E-state index contributed by atoms with van der Waals surface area (Å²) in [6.07, 6.45) is 3.20. The number of H-pyrrole nitrogens is 1. The van der Waals surface area contributed by atoms with Crippen LogP contribution in [0.2, 0.25) is 0 Å². The largest absolute Gasteiger partial charge is 0.384 e. The van der Waals surface area contributed by atoms with Crippen molar-refractivity contribution >= 4 is 33.8 Å². The molecular formula is C23H21FN6O2. The second-order valence-corrected chi connectivity index (χ2v) is 7.49. The van der Waals surface area contributed by atoms with Crippen LogP contribution in [0.25, 0.3) is 22.0 Å². The molecule has 0 amide bonds. The first-order chi connectivity index (χ1) is 15.6. The molecule has 1 saturated heterocycles. The summed E-state index contributed by atoms with van der Waals surface area (Å²) in [6, 6.07) is 12.0. The normalized spacial score (nSPS) is 14.0. The number of morpholine rings is 1. The van der Waals surface area contributed by atoms with E-state index in [1.165, 1.54) is 6.07 Å². The van der Waals surface area contributed by atoms with Crippen LogP contribution >= 0.6 is 0 Å². The molecule has 8 nitrogen and oxygen atoms in total. The Balaban J connectivity index is 1.55. The molecule has 1 fully saturated rings. The van der Waals surface area contributed by atoms with Gasteiger partial charge in [-0.3, -0.25) is 4.79 Å². The van der Waals surface area contributed by atoms with E-state index < -0.39 is 0 Å².